The van der Waals surface area contributed by atoms with Crippen LogP contribution in [0.25, 0.3) is 0 Å². The van der Waals surface area contributed by atoms with Crippen molar-refractivity contribution < 1.29 is 9.90 Å². The lowest BCUT2D eigenvalue weighted by atomic mass is 10.1. The van der Waals surface area contributed by atoms with Crippen molar-refractivity contribution in [2.45, 2.75) is 13.0 Å². The molecule has 2 rings (SSSR count). The number of halogens is 1. The molecule has 0 aliphatic heterocycles. The van der Waals surface area contributed by atoms with Gasteiger partial charge in [-0.05, 0) is 65.4 Å². The molecule has 21 heavy (non-hydrogen) atoms. The molecule has 1 amide bonds. The van der Waals surface area contributed by atoms with Crippen molar-refractivity contribution in [3.63, 3.8) is 0 Å². The number of rotatable bonds is 3. The quantitative estimate of drug-likeness (QED) is 0.617. The van der Waals surface area contributed by atoms with Crippen LogP contribution in [0.5, 0.6) is 5.75 Å². The first-order chi connectivity index (χ1) is 9.90. The second kappa shape index (κ2) is 6.34. The standard InChI is InChI=1S/C16H17IN2O2/c1-10(11-4-3-5-13(18)8-11)19(2)16(21)14-9-12(17)6-7-15(14)20/h3-10,20H,18H2,1-2H3. The van der Waals surface area contributed by atoms with Crippen LogP contribution >= 0.6 is 22.6 Å². The highest BCUT2D eigenvalue weighted by atomic mass is 127. The summed E-state index contributed by atoms with van der Waals surface area (Å²) >= 11 is 2.11. The Morgan fingerprint density at radius 1 is 1.29 bits per heavy atom. The Kier molecular flexibility index (Phi) is 4.72. The maximum atomic E-state index is 12.5. The van der Waals surface area contributed by atoms with E-state index in [1.165, 1.54) is 6.07 Å². The van der Waals surface area contributed by atoms with Gasteiger partial charge in [0.15, 0.2) is 0 Å². The van der Waals surface area contributed by atoms with Gasteiger partial charge in [-0.25, -0.2) is 0 Å². The van der Waals surface area contributed by atoms with Crippen molar-refractivity contribution in [1.29, 1.82) is 0 Å². The number of anilines is 1. The molecular weight excluding hydrogens is 379 g/mol. The van der Waals surface area contributed by atoms with Gasteiger partial charge in [0.25, 0.3) is 5.91 Å². The van der Waals surface area contributed by atoms with Crippen LogP contribution < -0.4 is 5.73 Å². The van der Waals surface area contributed by atoms with Gasteiger partial charge in [-0.15, -0.1) is 0 Å². The molecule has 2 aromatic rings. The zero-order chi connectivity index (χ0) is 15.6. The lowest BCUT2D eigenvalue weighted by molar-refractivity contribution is 0.0739. The average Bonchev–Trinajstić information content (AvgIpc) is 2.47. The highest BCUT2D eigenvalue weighted by molar-refractivity contribution is 14.1. The van der Waals surface area contributed by atoms with Crippen LogP contribution in [-0.4, -0.2) is 23.0 Å². The molecule has 1 unspecified atom stereocenters. The fourth-order valence-electron chi connectivity index (χ4n) is 2.09. The zero-order valence-corrected chi connectivity index (χ0v) is 14.0. The number of nitrogens with zero attached hydrogens (tertiary/aromatic N) is 1. The van der Waals surface area contributed by atoms with E-state index < -0.39 is 0 Å². The van der Waals surface area contributed by atoms with Crippen LogP contribution in [0.2, 0.25) is 0 Å². The van der Waals surface area contributed by atoms with Gasteiger partial charge in [0, 0.05) is 16.3 Å². The number of hydrogen-bond acceptors (Lipinski definition) is 3. The number of benzene rings is 2. The predicted molar refractivity (Wildman–Crippen MR) is 92.2 cm³/mol. The summed E-state index contributed by atoms with van der Waals surface area (Å²) in [6.45, 7) is 1.93. The van der Waals surface area contributed by atoms with Gasteiger partial charge in [-0.2, -0.15) is 0 Å². The van der Waals surface area contributed by atoms with Crippen LogP contribution in [0, 0.1) is 3.57 Å². The molecule has 0 fully saturated rings. The van der Waals surface area contributed by atoms with Crippen LogP contribution in [0.3, 0.4) is 0 Å². The Hall–Kier alpha value is -1.76. The van der Waals surface area contributed by atoms with Gasteiger partial charge in [0.1, 0.15) is 5.75 Å². The first-order valence-corrected chi connectivity index (χ1v) is 7.59. The zero-order valence-electron chi connectivity index (χ0n) is 11.9. The summed E-state index contributed by atoms with van der Waals surface area (Å²) in [7, 11) is 1.72. The SMILES string of the molecule is CC(c1cccc(N)c1)N(C)C(=O)c1cc(I)ccc1O. The lowest BCUT2D eigenvalue weighted by Gasteiger charge is -2.26. The summed E-state index contributed by atoms with van der Waals surface area (Å²) in [6, 6.07) is 12.3. The van der Waals surface area contributed by atoms with E-state index in [9.17, 15) is 9.90 Å². The van der Waals surface area contributed by atoms with Gasteiger partial charge in [0.2, 0.25) is 0 Å². The van der Waals surface area contributed by atoms with E-state index in [1.807, 2.05) is 31.2 Å². The highest BCUT2D eigenvalue weighted by Gasteiger charge is 2.21. The first kappa shape index (κ1) is 15.6. The number of carbonyl (C=O) groups is 1. The fraction of sp³-hybridized carbons (Fsp3) is 0.188. The van der Waals surface area contributed by atoms with Gasteiger partial charge in [-0.1, -0.05) is 12.1 Å². The van der Waals surface area contributed by atoms with Crippen molar-refractivity contribution in [3.05, 3.63) is 57.2 Å². The summed E-state index contributed by atoms with van der Waals surface area (Å²) in [5, 5.41) is 9.88. The Balaban J connectivity index is 2.28. The van der Waals surface area contributed by atoms with Crippen LogP contribution in [-0.2, 0) is 0 Å². The van der Waals surface area contributed by atoms with Crippen LogP contribution in [0.1, 0.15) is 28.9 Å². The number of nitrogens with two attached hydrogens (primary N) is 1. The van der Waals surface area contributed by atoms with Crippen molar-refractivity contribution in [2.75, 3.05) is 12.8 Å². The molecule has 5 heteroatoms. The minimum atomic E-state index is -0.221. The van der Waals surface area contributed by atoms with Crippen LogP contribution in [0.15, 0.2) is 42.5 Å². The number of amides is 1. The Bertz CT molecular complexity index is 673. The summed E-state index contributed by atoms with van der Waals surface area (Å²) in [6.07, 6.45) is 0. The molecule has 4 nitrogen and oxygen atoms in total. The summed E-state index contributed by atoms with van der Waals surface area (Å²) in [5.41, 5.74) is 7.71. The maximum absolute atomic E-state index is 12.5. The molecule has 0 radical (unpaired) electrons. The van der Waals surface area contributed by atoms with Gasteiger partial charge >= 0.3 is 0 Å². The first-order valence-electron chi connectivity index (χ1n) is 6.51. The molecule has 0 aromatic heterocycles. The second-order valence-corrected chi connectivity index (χ2v) is 6.17. The molecule has 0 heterocycles. The van der Waals surface area contributed by atoms with Gasteiger partial charge in [0.05, 0.1) is 11.6 Å². The number of phenols is 1. The minimum absolute atomic E-state index is 0.00737. The molecule has 0 aliphatic rings. The van der Waals surface area contributed by atoms with Crippen molar-refractivity contribution >= 4 is 34.2 Å². The number of hydrogen-bond donors (Lipinski definition) is 2. The molecule has 0 saturated carbocycles. The third kappa shape index (κ3) is 3.47. The molecule has 1 atom stereocenters. The Labute approximate surface area is 137 Å². The maximum Gasteiger partial charge on any atom is 0.257 e. The van der Waals surface area contributed by atoms with E-state index in [0.717, 1.165) is 9.13 Å². The molecular formula is C16H17IN2O2. The van der Waals surface area contributed by atoms with E-state index >= 15 is 0 Å². The van der Waals surface area contributed by atoms with E-state index in [2.05, 4.69) is 22.6 Å². The van der Waals surface area contributed by atoms with E-state index in [-0.39, 0.29) is 17.7 Å². The van der Waals surface area contributed by atoms with E-state index in [4.69, 9.17) is 5.73 Å². The number of aromatic hydroxyl groups is 1. The van der Waals surface area contributed by atoms with Gasteiger partial charge in [-0.3, -0.25) is 4.79 Å². The van der Waals surface area contributed by atoms with E-state index in [1.54, 1.807) is 24.1 Å². The van der Waals surface area contributed by atoms with Crippen LogP contribution in [0.4, 0.5) is 5.69 Å². The number of phenolic OH excluding ortho intramolecular Hbond substituents is 1. The minimum Gasteiger partial charge on any atom is -0.507 e. The van der Waals surface area contributed by atoms with Gasteiger partial charge < -0.3 is 15.7 Å². The third-order valence-corrected chi connectivity index (χ3v) is 4.15. The molecule has 0 spiro atoms. The van der Waals surface area contributed by atoms with Crippen molar-refractivity contribution in [3.8, 4) is 5.75 Å². The molecule has 110 valence electrons. The summed E-state index contributed by atoms with van der Waals surface area (Å²) in [4.78, 5) is 14.1. The average molecular weight is 396 g/mol. The fourth-order valence-corrected chi connectivity index (χ4v) is 2.58. The summed E-state index contributed by atoms with van der Waals surface area (Å²) < 4.78 is 0.902. The molecule has 0 aliphatic carbocycles. The molecule has 0 saturated heterocycles. The second-order valence-electron chi connectivity index (χ2n) is 4.92. The largest absolute Gasteiger partial charge is 0.507 e. The number of nitrogen functional groups attached to an aromatic ring is 1. The van der Waals surface area contributed by atoms with Crippen molar-refractivity contribution in [1.82, 2.24) is 4.90 Å². The monoisotopic (exact) mass is 396 g/mol. The van der Waals surface area contributed by atoms with E-state index in [0.29, 0.717) is 11.3 Å². The highest BCUT2D eigenvalue weighted by Crippen LogP contribution is 2.26. The third-order valence-electron chi connectivity index (χ3n) is 3.48. The Morgan fingerprint density at radius 3 is 2.67 bits per heavy atom. The molecule has 2 aromatic carbocycles. The topological polar surface area (TPSA) is 66.6 Å². The normalized spacial score (nSPS) is 12.0. The van der Waals surface area contributed by atoms with Crippen molar-refractivity contribution in [2.24, 2.45) is 0 Å². The predicted octanol–water partition coefficient (Wildman–Crippen LogP) is 3.41. The molecule has 0 bridgehead atoms. The lowest BCUT2D eigenvalue weighted by Crippen LogP contribution is -2.29. The molecule has 3 N–H and O–H groups in total. The smallest absolute Gasteiger partial charge is 0.257 e. The summed E-state index contributed by atoms with van der Waals surface area (Å²) in [5.74, 6) is -0.229. The Morgan fingerprint density at radius 2 is 2.00 bits per heavy atom. The number of carbonyl (C=O) groups excluding carboxylic acids is 1.